The van der Waals surface area contributed by atoms with Crippen molar-refractivity contribution in [1.29, 1.82) is 0 Å². The van der Waals surface area contributed by atoms with Crippen LogP contribution >= 0.6 is 0 Å². The Morgan fingerprint density at radius 2 is 1.55 bits per heavy atom. The number of allylic oxidation sites excluding steroid dienone is 2. The van der Waals surface area contributed by atoms with E-state index >= 15 is 0 Å². The summed E-state index contributed by atoms with van der Waals surface area (Å²) in [6, 6.07) is 0. The van der Waals surface area contributed by atoms with Crippen molar-refractivity contribution < 1.29 is 24.5 Å². The normalized spacial score (nSPS) is 9.65. The third kappa shape index (κ3) is 6.15. The van der Waals surface area contributed by atoms with E-state index in [9.17, 15) is 9.59 Å². The summed E-state index contributed by atoms with van der Waals surface area (Å²) in [7, 11) is 0. The van der Waals surface area contributed by atoms with Crippen molar-refractivity contribution in [3.8, 4) is 0 Å². The van der Waals surface area contributed by atoms with Gasteiger partial charge in [0.1, 0.15) is 6.61 Å². The van der Waals surface area contributed by atoms with Gasteiger partial charge in [0.25, 0.3) is 0 Å². The van der Waals surface area contributed by atoms with E-state index in [1.165, 1.54) is 0 Å². The van der Waals surface area contributed by atoms with E-state index in [-0.39, 0.29) is 30.8 Å². The summed E-state index contributed by atoms with van der Waals surface area (Å²) in [6.07, 6.45) is 1.16. The Bertz CT molecular complexity index is 445. The van der Waals surface area contributed by atoms with Gasteiger partial charge in [0, 0.05) is 6.42 Å². The molecule has 0 unspecified atom stereocenters. The van der Waals surface area contributed by atoms with E-state index in [2.05, 4.69) is 26.3 Å². The number of ether oxygens (including phenoxy) is 1. The molecule has 0 aliphatic heterocycles. The van der Waals surface area contributed by atoms with E-state index in [0.29, 0.717) is 24.0 Å². The molecule has 2 N–H and O–H groups in total. The van der Waals surface area contributed by atoms with Crippen molar-refractivity contribution in [1.82, 2.24) is 0 Å². The predicted molar refractivity (Wildman–Crippen MR) is 76.1 cm³/mol. The highest BCUT2D eigenvalue weighted by atomic mass is 16.5. The average Bonchev–Trinajstić information content (AvgIpc) is 2.42. The van der Waals surface area contributed by atoms with E-state index in [4.69, 9.17) is 14.9 Å². The van der Waals surface area contributed by atoms with Gasteiger partial charge in [-0.1, -0.05) is 26.3 Å². The third-order valence-corrected chi connectivity index (χ3v) is 2.63. The number of carbonyl (C=O) groups is 2. The van der Waals surface area contributed by atoms with Gasteiger partial charge in [-0.25, -0.2) is 4.79 Å². The molecule has 0 aromatic carbocycles. The summed E-state index contributed by atoms with van der Waals surface area (Å²) < 4.78 is 4.70. The lowest BCUT2D eigenvalue weighted by molar-refractivity contribution is -0.144. The van der Waals surface area contributed by atoms with Crippen LogP contribution in [0, 0.1) is 0 Å². The molecule has 0 aromatic rings. The minimum absolute atomic E-state index is 0.0122. The molecule has 5 heteroatoms. The van der Waals surface area contributed by atoms with Crippen molar-refractivity contribution in [2.75, 3.05) is 13.2 Å². The topological polar surface area (TPSA) is 83.8 Å². The Morgan fingerprint density at radius 3 is 2.05 bits per heavy atom. The maximum atomic E-state index is 11.2. The van der Waals surface area contributed by atoms with Crippen LogP contribution in [0.1, 0.15) is 19.3 Å². The SMILES string of the molecule is C=C(CCCC(=O)OCCO)C(=C)C(=C)C(=C)C(=O)O. The molecule has 20 heavy (non-hydrogen) atoms. The van der Waals surface area contributed by atoms with Gasteiger partial charge in [-0.05, 0) is 29.6 Å². The summed E-state index contributed by atoms with van der Waals surface area (Å²) in [4.78, 5) is 21.9. The summed E-state index contributed by atoms with van der Waals surface area (Å²) in [5.41, 5.74) is 1.12. The smallest absolute Gasteiger partial charge is 0.335 e. The number of rotatable bonds is 10. The fraction of sp³-hybridized carbons (Fsp3) is 0.333. The van der Waals surface area contributed by atoms with Crippen molar-refractivity contribution >= 4 is 11.9 Å². The lowest BCUT2D eigenvalue weighted by atomic mass is 9.93. The highest BCUT2D eigenvalue weighted by molar-refractivity contribution is 5.93. The summed E-state index contributed by atoms with van der Waals surface area (Å²) >= 11 is 0. The van der Waals surface area contributed by atoms with Crippen molar-refractivity contribution in [3.05, 3.63) is 48.6 Å². The molecule has 0 saturated carbocycles. The van der Waals surface area contributed by atoms with Crippen LogP contribution in [0.4, 0.5) is 0 Å². The van der Waals surface area contributed by atoms with Crippen LogP contribution in [0.3, 0.4) is 0 Å². The first kappa shape index (κ1) is 17.9. The second-order valence-corrected chi connectivity index (χ2v) is 4.14. The molecule has 0 aromatic heterocycles. The highest BCUT2D eigenvalue weighted by Crippen LogP contribution is 2.24. The van der Waals surface area contributed by atoms with E-state index < -0.39 is 11.9 Å². The molecular formula is C15H20O5. The number of carboxylic acid groups (broad SMARTS) is 1. The Hall–Kier alpha value is -2.14. The molecule has 0 saturated heterocycles. The maximum Gasteiger partial charge on any atom is 0.335 e. The quantitative estimate of drug-likeness (QED) is 0.363. The standard InChI is InChI=1S/C15H20O5/c1-10(6-5-7-14(17)20-9-8-16)11(2)12(3)13(4)15(18)19/h16H,1-9H2,(H,18,19). The van der Waals surface area contributed by atoms with Crippen LogP contribution in [0.5, 0.6) is 0 Å². The monoisotopic (exact) mass is 280 g/mol. The minimum atomic E-state index is -1.16. The fourth-order valence-corrected chi connectivity index (χ4v) is 1.35. The molecule has 0 atom stereocenters. The minimum Gasteiger partial charge on any atom is -0.478 e. The predicted octanol–water partition coefficient (Wildman–Crippen LogP) is 2.00. The molecular weight excluding hydrogens is 260 g/mol. The second kappa shape index (κ2) is 8.87. The first-order valence-corrected chi connectivity index (χ1v) is 6.06. The largest absolute Gasteiger partial charge is 0.478 e. The first-order valence-electron chi connectivity index (χ1n) is 6.06. The lowest BCUT2D eigenvalue weighted by Gasteiger charge is -2.12. The lowest BCUT2D eigenvalue weighted by Crippen LogP contribution is -2.08. The molecule has 0 heterocycles. The van der Waals surface area contributed by atoms with Gasteiger partial charge in [0.15, 0.2) is 0 Å². The maximum absolute atomic E-state index is 11.2. The van der Waals surface area contributed by atoms with Crippen molar-refractivity contribution in [3.63, 3.8) is 0 Å². The number of aliphatic carboxylic acids is 1. The van der Waals surface area contributed by atoms with Gasteiger partial charge in [0.2, 0.25) is 0 Å². The molecule has 0 rings (SSSR count). The zero-order valence-corrected chi connectivity index (χ0v) is 11.5. The van der Waals surface area contributed by atoms with E-state index in [1.54, 1.807) is 0 Å². The van der Waals surface area contributed by atoms with Crippen LogP contribution < -0.4 is 0 Å². The number of carboxylic acids is 1. The summed E-state index contributed by atoms with van der Waals surface area (Å²) in [5.74, 6) is -1.55. The van der Waals surface area contributed by atoms with Crippen molar-refractivity contribution in [2.45, 2.75) is 19.3 Å². The van der Waals surface area contributed by atoms with Gasteiger partial charge < -0.3 is 14.9 Å². The zero-order chi connectivity index (χ0) is 15.7. The van der Waals surface area contributed by atoms with Gasteiger partial charge in [-0.15, -0.1) is 0 Å². The summed E-state index contributed by atoms with van der Waals surface area (Å²) in [5, 5.41) is 17.3. The number of esters is 1. The van der Waals surface area contributed by atoms with E-state index in [1.807, 2.05) is 0 Å². The fourth-order valence-electron chi connectivity index (χ4n) is 1.35. The molecule has 0 aliphatic rings. The van der Waals surface area contributed by atoms with Crippen LogP contribution in [0.2, 0.25) is 0 Å². The highest BCUT2D eigenvalue weighted by Gasteiger charge is 2.13. The number of hydrogen-bond acceptors (Lipinski definition) is 4. The van der Waals surface area contributed by atoms with Gasteiger partial charge in [-0.2, -0.15) is 0 Å². The molecule has 0 radical (unpaired) electrons. The second-order valence-electron chi connectivity index (χ2n) is 4.14. The number of carbonyl (C=O) groups excluding carboxylic acids is 1. The molecule has 0 amide bonds. The number of aliphatic hydroxyl groups excluding tert-OH is 1. The summed E-state index contributed by atoms with van der Waals surface area (Å²) in [6.45, 7) is 14.3. The number of hydrogen-bond donors (Lipinski definition) is 2. The molecule has 0 fully saturated rings. The Labute approximate surface area is 118 Å². The Kier molecular flexibility index (Phi) is 7.93. The van der Waals surface area contributed by atoms with Crippen molar-refractivity contribution in [2.24, 2.45) is 0 Å². The molecule has 0 aliphatic carbocycles. The molecule has 5 nitrogen and oxygen atoms in total. The van der Waals surface area contributed by atoms with Crippen LogP contribution in [0.25, 0.3) is 0 Å². The number of aliphatic hydroxyl groups is 1. The van der Waals surface area contributed by atoms with Gasteiger partial charge >= 0.3 is 11.9 Å². The van der Waals surface area contributed by atoms with Gasteiger partial charge in [-0.3, -0.25) is 4.79 Å². The third-order valence-electron chi connectivity index (χ3n) is 2.63. The first-order chi connectivity index (χ1) is 9.31. The molecule has 0 bridgehead atoms. The van der Waals surface area contributed by atoms with Crippen LogP contribution in [-0.4, -0.2) is 35.4 Å². The molecule has 110 valence electrons. The zero-order valence-electron chi connectivity index (χ0n) is 11.5. The average molecular weight is 280 g/mol. The van der Waals surface area contributed by atoms with Crippen LogP contribution in [0.15, 0.2) is 48.6 Å². The van der Waals surface area contributed by atoms with Crippen LogP contribution in [-0.2, 0) is 14.3 Å². The Morgan fingerprint density at radius 1 is 0.950 bits per heavy atom. The van der Waals surface area contributed by atoms with E-state index in [0.717, 1.165) is 0 Å². The Balaban J connectivity index is 4.19. The molecule has 0 spiro atoms. The van der Waals surface area contributed by atoms with Gasteiger partial charge in [0.05, 0.1) is 12.2 Å².